The van der Waals surface area contributed by atoms with Crippen molar-refractivity contribution in [1.29, 1.82) is 0 Å². The molecule has 27 heavy (non-hydrogen) atoms. The van der Waals surface area contributed by atoms with Gasteiger partial charge < -0.3 is 10.1 Å². The maximum atomic E-state index is 12.5. The summed E-state index contributed by atoms with van der Waals surface area (Å²) in [6.45, 7) is 2.17. The van der Waals surface area contributed by atoms with E-state index in [1.54, 1.807) is 23.9 Å². The summed E-state index contributed by atoms with van der Waals surface area (Å²) < 4.78 is 4.79. The molecule has 0 saturated heterocycles. The number of benzene rings is 2. The molecule has 0 aromatic heterocycles. The van der Waals surface area contributed by atoms with Crippen molar-refractivity contribution in [2.75, 3.05) is 19.1 Å². The second kappa shape index (κ2) is 10.8. The van der Waals surface area contributed by atoms with Crippen LogP contribution in [0.1, 0.15) is 35.7 Å². The molecular formula is C22H27NO3S. The highest BCUT2D eigenvalue weighted by Crippen LogP contribution is 2.21. The van der Waals surface area contributed by atoms with Gasteiger partial charge in [0.05, 0.1) is 7.11 Å². The van der Waals surface area contributed by atoms with E-state index in [0.717, 1.165) is 29.7 Å². The third kappa shape index (κ3) is 6.14. The highest BCUT2D eigenvalue weighted by Gasteiger charge is 2.21. The molecule has 1 atom stereocenters. The molecule has 0 spiro atoms. The zero-order valence-electron chi connectivity index (χ0n) is 16.2. The maximum Gasteiger partial charge on any atom is 0.328 e. The van der Waals surface area contributed by atoms with Gasteiger partial charge in [0.25, 0.3) is 5.91 Å². The van der Waals surface area contributed by atoms with E-state index in [-0.39, 0.29) is 5.91 Å². The number of carbonyl (C=O) groups excluding carboxylic acids is 2. The first-order chi connectivity index (χ1) is 13.1. The van der Waals surface area contributed by atoms with Crippen molar-refractivity contribution >= 4 is 23.6 Å². The van der Waals surface area contributed by atoms with Gasteiger partial charge in [0.1, 0.15) is 6.04 Å². The van der Waals surface area contributed by atoms with E-state index in [0.29, 0.717) is 12.0 Å². The third-order valence-electron chi connectivity index (χ3n) is 4.37. The van der Waals surface area contributed by atoms with Crippen LogP contribution in [0, 0.1) is 0 Å². The van der Waals surface area contributed by atoms with Crippen LogP contribution in [0.25, 0.3) is 11.1 Å². The number of carbonyl (C=O) groups is 2. The number of aryl methyl sites for hydroxylation is 1. The van der Waals surface area contributed by atoms with Crippen molar-refractivity contribution in [2.24, 2.45) is 0 Å². The van der Waals surface area contributed by atoms with Crippen molar-refractivity contribution in [2.45, 2.75) is 32.2 Å². The van der Waals surface area contributed by atoms with E-state index in [9.17, 15) is 9.59 Å². The van der Waals surface area contributed by atoms with Gasteiger partial charge in [0, 0.05) is 5.56 Å². The Morgan fingerprint density at radius 3 is 2.15 bits per heavy atom. The Kier molecular flexibility index (Phi) is 8.40. The SMILES string of the molecule is CCCc1ccc(-c2ccc(C(=O)NC(CCSC)C(=O)OC)cc2)cc1. The van der Waals surface area contributed by atoms with Crippen molar-refractivity contribution < 1.29 is 14.3 Å². The maximum absolute atomic E-state index is 12.5. The van der Waals surface area contributed by atoms with Crippen molar-refractivity contribution in [3.8, 4) is 11.1 Å². The van der Waals surface area contributed by atoms with Crippen LogP contribution >= 0.6 is 11.8 Å². The number of nitrogens with one attached hydrogen (secondary N) is 1. The summed E-state index contributed by atoms with van der Waals surface area (Å²) in [6, 6.07) is 15.3. The summed E-state index contributed by atoms with van der Waals surface area (Å²) in [5, 5.41) is 2.77. The van der Waals surface area contributed by atoms with Gasteiger partial charge in [-0.15, -0.1) is 0 Å². The van der Waals surface area contributed by atoms with Crippen LogP contribution in [0.3, 0.4) is 0 Å². The third-order valence-corrected chi connectivity index (χ3v) is 5.02. The Hall–Kier alpha value is -2.27. The van der Waals surface area contributed by atoms with Gasteiger partial charge in [0.15, 0.2) is 0 Å². The molecule has 1 unspecified atom stereocenters. The molecule has 144 valence electrons. The number of methoxy groups -OCH3 is 1. The molecule has 0 saturated carbocycles. The zero-order chi connectivity index (χ0) is 19.6. The quantitative estimate of drug-likeness (QED) is 0.653. The van der Waals surface area contributed by atoms with E-state index in [2.05, 4.69) is 36.5 Å². The van der Waals surface area contributed by atoms with Gasteiger partial charge in [0.2, 0.25) is 0 Å². The van der Waals surface area contributed by atoms with E-state index in [1.807, 2.05) is 18.4 Å². The Morgan fingerprint density at radius 2 is 1.63 bits per heavy atom. The summed E-state index contributed by atoms with van der Waals surface area (Å²) in [5.74, 6) is 0.0880. The fourth-order valence-electron chi connectivity index (χ4n) is 2.84. The lowest BCUT2D eigenvalue weighted by atomic mass is 10.0. The number of rotatable bonds is 9. The summed E-state index contributed by atoms with van der Waals surface area (Å²) in [5.41, 5.74) is 4.03. The molecule has 1 amide bonds. The first-order valence-electron chi connectivity index (χ1n) is 9.16. The van der Waals surface area contributed by atoms with Crippen LogP contribution in [0.2, 0.25) is 0 Å². The van der Waals surface area contributed by atoms with E-state index in [1.165, 1.54) is 12.7 Å². The molecule has 0 radical (unpaired) electrons. The lowest BCUT2D eigenvalue weighted by molar-refractivity contribution is -0.142. The molecule has 0 aliphatic carbocycles. The van der Waals surface area contributed by atoms with Crippen molar-refractivity contribution in [1.82, 2.24) is 5.32 Å². The van der Waals surface area contributed by atoms with Gasteiger partial charge in [-0.25, -0.2) is 4.79 Å². The largest absolute Gasteiger partial charge is 0.467 e. The monoisotopic (exact) mass is 385 g/mol. The average molecular weight is 386 g/mol. The number of ether oxygens (including phenoxy) is 1. The van der Waals surface area contributed by atoms with Crippen molar-refractivity contribution in [3.05, 3.63) is 59.7 Å². The predicted molar refractivity (Wildman–Crippen MR) is 112 cm³/mol. The minimum absolute atomic E-state index is 0.267. The zero-order valence-corrected chi connectivity index (χ0v) is 17.0. The van der Waals surface area contributed by atoms with Gasteiger partial charge in [-0.3, -0.25) is 4.79 Å². The second-order valence-electron chi connectivity index (χ2n) is 6.35. The Morgan fingerprint density at radius 1 is 1.04 bits per heavy atom. The molecule has 2 aromatic rings. The number of hydrogen-bond donors (Lipinski definition) is 1. The standard InChI is InChI=1S/C22H27NO3S/c1-4-5-16-6-8-17(9-7-16)18-10-12-19(13-11-18)21(24)23-20(14-15-27-3)22(25)26-2/h6-13,20H,4-5,14-15H2,1-3H3,(H,23,24). The number of amides is 1. The van der Waals surface area contributed by atoms with Gasteiger partial charge >= 0.3 is 5.97 Å². The van der Waals surface area contributed by atoms with Crippen LogP contribution < -0.4 is 5.32 Å². The molecule has 0 aliphatic rings. The molecule has 1 N–H and O–H groups in total. The van der Waals surface area contributed by atoms with Crippen LogP contribution in [-0.2, 0) is 16.0 Å². The molecule has 0 bridgehead atoms. The van der Waals surface area contributed by atoms with Crippen molar-refractivity contribution in [3.63, 3.8) is 0 Å². The summed E-state index contributed by atoms with van der Waals surface area (Å²) in [6.07, 6.45) is 4.72. The number of hydrogen-bond acceptors (Lipinski definition) is 4. The molecule has 2 aromatic carbocycles. The molecule has 0 heterocycles. The topological polar surface area (TPSA) is 55.4 Å². The van der Waals surface area contributed by atoms with Crippen LogP contribution in [-0.4, -0.2) is 37.0 Å². The normalized spacial score (nSPS) is 11.7. The van der Waals surface area contributed by atoms with E-state index in [4.69, 9.17) is 4.74 Å². The minimum atomic E-state index is -0.624. The Bertz CT molecular complexity index is 741. The highest BCUT2D eigenvalue weighted by molar-refractivity contribution is 7.98. The summed E-state index contributed by atoms with van der Waals surface area (Å²) >= 11 is 1.63. The van der Waals surface area contributed by atoms with E-state index >= 15 is 0 Å². The number of esters is 1. The lowest BCUT2D eigenvalue weighted by Gasteiger charge is -2.16. The minimum Gasteiger partial charge on any atom is -0.467 e. The summed E-state index contributed by atoms with van der Waals surface area (Å²) in [4.78, 5) is 24.3. The fraction of sp³-hybridized carbons (Fsp3) is 0.364. The van der Waals surface area contributed by atoms with Gasteiger partial charge in [-0.2, -0.15) is 11.8 Å². The van der Waals surface area contributed by atoms with Crippen LogP contribution in [0.4, 0.5) is 0 Å². The first-order valence-corrected chi connectivity index (χ1v) is 10.6. The number of thioether (sulfide) groups is 1. The smallest absolute Gasteiger partial charge is 0.328 e. The van der Waals surface area contributed by atoms with Crippen LogP contribution in [0.15, 0.2) is 48.5 Å². The van der Waals surface area contributed by atoms with Gasteiger partial charge in [-0.1, -0.05) is 49.7 Å². The molecule has 2 rings (SSSR count). The lowest BCUT2D eigenvalue weighted by Crippen LogP contribution is -2.41. The average Bonchev–Trinajstić information content (AvgIpc) is 2.71. The molecule has 5 heteroatoms. The Labute approximate surface area is 165 Å². The fourth-order valence-corrected chi connectivity index (χ4v) is 3.31. The molecule has 0 aliphatic heterocycles. The van der Waals surface area contributed by atoms with Gasteiger partial charge in [-0.05, 0) is 53.7 Å². The van der Waals surface area contributed by atoms with Crippen LogP contribution in [0.5, 0.6) is 0 Å². The second-order valence-corrected chi connectivity index (χ2v) is 7.34. The molecule has 4 nitrogen and oxygen atoms in total. The first kappa shape index (κ1) is 21.0. The molecular weight excluding hydrogens is 358 g/mol. The molecule has 0 fully saturated rings. The Balaban J connectivity index is 2.06. The predicted octanol–water partition coefficient (Wildman–Crippen LogP) is 4.33. The summed E-state index contributed by atoms with van der Waals surface area (Å²) in [7, 11) is 1.33. The van der Waals surface area contributed by atoms with E-state index < -0.39 is 12.0 Å². The highest BCUT2D eigenvalue weighted by atomic mass is 32.2.